The highest BCUT2D eigenvalue weighted by atomic mass is 35.5. The molecule has 3 aromatic rings. The summed E-state index contributed by atoms with van der Waals surface area (Å²) in [6.07, 6.45) is 5.29. The van der Waals surface area contributed by atoms with E-state index in [0.717, 1.165) is 24.2 Å². The maximum atomic E-state index is 12.4. The fourth-order valence-electron chi connectivity index (χ4n) is 2.77. The van der Waals surface area contributed by atoms with Crippen LogP contribution in [-0.4, -0.2) is 14.0 Å². The summed E-state index contributed by atoms with van der Waals surface area (Å²) in [4.78, 5) is 17.1. The van der Waals surface area contributed by atoms with E-state index in [1.165, 1.54) is 12.8 Å². The lowest BCUT2D eigenvalue weighted by Gasteiger charge is -2.07. The normalized spacial score (nSPS) is 11.3. The maximum absolute atomic E-state index is 12.4. The van der Waals surface area contributed by atoms with Crippen LogP contribution in [0.3, 0.4) is 0 Å². The Labute approximate surface area is 140 Å². The predicted molar refractivity (Wildman–Crippen MR) is 94.2 cm³/mol. The molecule has 0 aliphatic carbocycles. The monoisotopic (exact) mass is 329 g/mol. The van der Waals surface area contributed by atoms with E-state index in [-0.39, 0.29) is 5.56 Å². The molecule has 0 radical (unpaired) electrons. The zero-order valence-corrected chi connectivity index (χ0v) is 14.2. The van der Waals surface area contributed by atoms with E-state index in [2.05, 4.69) is 11.5 Å². The molecule has 4 nitrogen and oxygen atoms in total. The van der Waals surface area contributed by atoms with E-state index in [0.29, 0.717) is 16.5 Å². The molecule has 0 aliphatic rings. The van der Waals surface area contributed by atoms with E-state index in [1.807, 2.05) is 37.4 Å². The van der Waals surface area contributed by atoms with Gasteiger partial charge in [-0.3, -0.25) is 9.20 Å². The van der Waals surface area contributed by atoms with Crippen LogP contribution in [0.1, 0.15) is 31.9 Å². The van der Waals surface area contributed by atoms with Gasteiger partial charge in [0, 0.05) is 35.1 Å². The first-order valence-corrected chi connectivity index (χ1v) is 8.33. The molecule has 0 fully saturated rings. The van der Waals surface area contributed by atoms with Crippen LogP contribution in [0.2, 0.25) is 5.02 Å². The van der Waals surface area contributed by atoms with Gasteiger partial charge in [-0.15, -0.1) is 0 Å². The number of fused-ring (bicyclic) bond motifs is 1. The molecule has 5 heteroatoms. The number of aromatic nitrogens is 3. The molecular weight excluding hydrogens is 310 g/mol. The predicted octanol–water partition coefficient (Wildman–Crippen LogP) is 4.32. The van der Waals surface area contributed by atoms with Crippen molar-refractivity contribution in [3.8, 4) is 11.3 Å². The van der Waals surface area contributed by atoms with Crippen molar-refractivity contribution in [2.24, 2.45) is 0 Å². The SMILES string of the molecule is CCCCCn1c(C)cn2c(=O)cc(-c3ccc(Cl)cc3)nc12. The Bertz CT molecular complexity index is 878. The van der Waals surface area contributed by atoms with Crippen molar-refractivity contribution in [2.75, 3.05) is 0 Å². The fourth-order valence-corrected chi connectivity index (χ4v) is 2.90. The number of imidazole rings is 1. The second-order valence-electron chi connectivity index (χ2n) is 5.79. The number of nitrogens with zero attached hydrogens (tertiary/aromatic N) is 3. The van der Waals surface area contributed by atoms with Crippen LogP contribution in [0.15, 0.2) is 41.3 Å². The van der Waals surface area contributed by atoms with Gasteiger partial charge in [0.1, 0.15) is 0 Å². The van der Waals surface area contributed by atoms with Crippen LogP contribution >= 0.6 is 11.6 Å². The third kappa shape index (κ3) is 3.17. The molecule has 0 unspecified atom stereocenters. The quantitative estimate of drug-likeness (QED) is 0.654. The highest BCUT2D eigenvalue weighted by molar-refractivity contribution is 6.30. The third-order valence-corrected chi connectivity index (χ3v) is 4.29. The first-order valence-electron chi connectivity index (χ1n) is 7.95. The smallest absolute Gasteiger partial charge is 0.259 e. The van der Waals surface area contributed by atoms with Crippen molar-refractivity contribution in [2.45, 2.75) is 39.7 Å². The summed E-state index contributed by atoms with van der Waals surface area (Å²) in [6.45, 7) is 5.08. The number of hydrogen-bond donors (Lipinski definition) is 0. The minimum atomic E-state index is -0.0581. The van der Waals surface area contributed by atoms with E-state index in [9.17, 15) is 4.79 Å². The lowest BCUT2D eigenvalue weighted by molar-refractivity contribution is 0.601. The Morgan fingerprint density at radius 2 is 1.91 bits per heavy atom. The Morgan fingerprint density at radius 3 is 2.61 bits per heavy atom. The molecule has 0 amide bonds. The lowest BCUT2D eigenvalue weighted by Crippen LogP contribution is -2.14. The van der Waals surface area contributed by atoms with Crippen molar-refractivity contribution < 1.29 is 0 Å². The van der Waals surface area contributed by atoms with Gasteiger partial charge in [0.2, 0.25) is 5.78 Å². The van der Waals surface area contributed by atoms with Crippen LogP contribution in [0, 0.1) is 6.92 Å². The van der Waals surface area contributed by atoms with Gasteiger partial charge in [-0.2, -0.15) is 0 Å². The molecule has 120 valence electrons. The van der Waals surface area contributed by atoms with Crippen LogP contribution in [0.5, 0.6) is 0 Å². The van der Waals surface area contributed by atoms with Crippen molar-refractivity contribution in [3.63, 3.8) is 0 Å². The molecule has 1 aromatic carbocycles. The molecule has 0 bridgehead atoms. The molecule has 23 heavy (non-hydrogen) atoms. The summed E-state index contributed by atoms with van der Waals surface area (Å²) in [5, 5.41) is 0.672. The Kier molecular flexibility index (Phi) is 4.53. The lowest BCUT2D eigenvalue weighted by atomic mass is 10.1. The second-order valence-corrected chi connectivity index (χ2v) is 6.22. The van der Waals surface area contributed by atoms with Gasteiger partial charge in [0.25, 0.3) is 5.56 Å². The summed E-state index contributed by atoms with van der Waals surface area (Å²) < 4.78 is 3.75. The molecule has 0 saturated carbocycles. The molecular formula is C18H20ClN3O. The molecule has 0 atom stereocenters. The third-order valence-electron chi connectivity index (χ3n) is 4.04. The van der Waals surface area contributed by atoms with Crippen LogP contribution in [-0.2, 0) is 6.54 Å². The molecule has 2 aromatic heterocycles. The first kappa shape index (κ1) is 15.8. The fraction of sp³-hybridized carbons (Fsp3) is 0.333. The average molecular weight is 330 g/mol. The van der Waals surface area contributed by atoms with Crippen molar-refractivity contribution >= 4 is 17.4 Å². The molecule has 0 aliphatic heterocycles. The Hall–Kier alpha value is -2.07. The number of hydrogen-bond acceptors (Lipinski definition) is 2. The van der Waals surface area contributed by atoms with Gasteiger partial charge < -0.3 is 4.57 Å². The van der Waals surface area contributed by atoms with Crippen LogP contribution in [0.4, 0.5) is 0 Å². The van der Waals surface area contributed by atoms with E-state index in [1.54, 1.807) is 10.5 Å². The van der Waals surface area contributed by atoms with E-state index >= 15 is 0 Å². The molecule has 0 saturated heterocycles. The second kappa shape index (κ2) is 6.59. The summed E-state index contributed by atoms with van der Waals surface area (Å²) in [5.74, 6) is 0.705. The zero-order chi connectivity index (χ0) is 16.4. The largest absolute Gasteiger partial charge is 0.314 e. The van der Waals surface area contributed by atoms with Gasteiger partial charge in [-0.25, -0.2) is 4.98 Å². The first-order chi connectivity index (χ1) is 11.1. The zero-order valence-electron chi connectivity index (χ0n) is 13.4. The van der Waals surface area contributed by atoms with E-state index in [4.69, 9.17) is 16.6 Å². The standard InChI is InChI=1S/C18H20ClN3O/c1-3-4-5-10-21-13(2)12-22-17(23)11-16(20-18(21)22)14-6-8-15(19)9-7-14/h6-9,11-12H,3-5,10H2,1-2H3. The van der Waals surface area contributed by atoms with Gasteiger partial charge >= 0.3 is 0 Å². The maximum Gasteiger partial charge on any atom is 0.259 e. The van der Waals surface area contributed by atoms with E-state index < -0.39 is 0 Å². The van der Waals surface area contributed by atoms with Crippen molar-refractivity contribution in [3.05, 3.63) is 57.6 Å². The average Bonchev–Trinajstić information content (AvgIpc) is 2.85. The van der Waals surface area contributed by atoms with Crippen LogP contribution in [0.25, 0.3) is 17.0 Å². The molecule has 0 N–H and O–H groups in total. The van der Waals surface area contributed by atoms with Crippen molar-refractivity contribution in [1.29, 1.82) is 0 Å². The number of halogens is 1. The van der Waals surface area contributed by atoms with Crippen molar-refractivity contribution in [1.82, 2.24) is 14.0 Å². The number of rotatable bonds is 5. The summed E-state index contributed by atoms with van der Waals surface area (Å²) >= 11 is 5.93. The Morgan fingerprint density at radius 1 is 1.17 bits per heavy atom. The molecule has 2 heterocycles. The Balaban J connectivity index is 2.10. The van der Waals surface area contributed by atoms with Gasteiger partial charge in [-0.05, 0) is 25.5 Å². The van der Waals surface area contributed by atoms with Crippen LogP contribution < -0.4 is 5.56 Å². The van der Waals surface area contributed by atoms with Gasteiger partial charge in [0.05, 0.1) is 5.69 Å². The minimum absolute atomic E-state index is 0.0581. The summed E-state index contributed by atoms with van der Waals surface area (Å²) in [5.41, 5.74) is 2.57. The molecule has 3 rings (SSSR count). The topological polar surface area (TPSA) is 39.3 Å². The number of aryl methyl sites for hydroxylation is 2. The minimum Gasteiger partial charge on any atom is -0.314 e. The number of benzene rings is 1. The van der Waals surface area contributed by atoms with Gasteiger partial charge in [-0.1, -0.05) is 43.5 Å². The summed E-state index contributed by atoms with van der Waals surface area (Å²) in [6, 6.07) is 8.97. The number of unbranched alkanes of at least 4 members (excludes halogenated alkanes) is 2. The highest BCUT2D eigenvalue weighted by Gasteiger charge is 2.11. The van der Waals surface area contributed by atoms with Gasteiger partial charge in [0.15, 0.2) is 0 Å². The summed E-state index contributed by atoms with van der Waals surface area (Å²) in [7, 11) is 0. The molecule has 0 spiro atoms. The highest BCUT2D eigenvalue weighted by Crippen LogP contribution is 2.20.